The Labute approximate surface area is 65.8 Å². The second-order valence-electron chi connectivity index (χ2n) is 3.12. The summed E-state index contributed by atoms with van der Waals surface area (Å²) in [7, 11) is 0. The fourth-order valence-electron chi connectivity index (χ4n) is 1.04. The van der Waals surface area contributed by atoms with Gasteiger partial charge in [0.1, 0.15) is 0 Å². The van der Waals surface area contributed by atoms with Crippen LogP contribution in [0.3, 0.4) is 0 Å². The number of hydrogen-bond acceptors (Lipinski definition) is 3. The number of aliphatic hydroxyl groups excluding tert-OH is 1. The fraction of sp³-hybridized carbons (Fsp3) is 0.857. The minimum atomic E-state index is -0.451. The molecule has 1 saturated carbocycles. The number of aliphatic hydroxyl groups is 1. The lowest BCUT2D eigenvalue weighted by atomic mass is 9.89. The molecule has 1 amide bonds. The van der Waals surface area contributed by atoms with Gasteiger partial charge in [-0.05, 0) is 19.8 Å². The maximum atomic E-state index is 10.9. The molecule has 1 aliphatic rings. The molecular formula is C7H14N2O2. The number of amides is 1. The number of nitrogens with one attached hydrogen (secondary N) is 1. The highest BCUT2D eigenvalue weighted by Crippen LogP contribution is 2.18. The van der Waals surface area contributed by atoms with Crippen molar-refractivity contribution in [2.45, 2.75) is 38.0 Å². The third-order valence-corrected chi connectivity index (χ3v) is 1.87. The van der Waals surface area contributed by atoms with Crippen molar-refractivity contribution in [3.8, 4) is 0 Å². The molecule has 1 aliphatic carbocycles. The summed E-state index contributed by atoms with van der Waals surface area (Å²) in [6, 6.07) is -0.309. The summed E-state index contributed by atoms with van der Waals surface area (Å²) in [5.74, 6) is -0.137. The van der Waals surface area contributed by atoms with Gasteiger partial charge in [0, 0.05) is 6.04 Å². The minimum absolute atomic E-state index is 0.137. The molecule has 0 aromatic heterocycles. The van der Waals surface area contributed by atoms with E-state index >= 15 is 0 Å². The number of rotatable bonds is 2. The van der Waals surface area contributed by atoms with Gasteiger partial charge in [-0.25, -0.2) is 0 Å². The van der Waals surface area contributed by atoms with Crippen molar-refractivity contribution in [2.24, 2.45) is 5.73 Å². The van der Waals surface area contributed by atoms with Gasteiger partial charge in [0.15, 0.2) is 0 Å². The molecule has 0 aromatic carbocycles. The van der Waals surface area contributed by atoms with E-state index in [1.54, 1.807) is 6.92 Å². The van der Waals surface area contributed by atoms with E-state index < -0.39 is 6.04 Å². The van der Waals surface area contributed by atoms with Gasteiger partial charge in [-0.2, -0.15) is 0 Å². The van der Waals surface area contributed by atoms with Gasteiger partial charge in [0.25, 0.3) is 0 Å². The van der Waals surface area contributed by atoms with Gasteiger partial charge in [0.2, 0.25) is 5.91 Å². The zero-order chi connectivity index (χ0) is 8.43. The van der Waals surface area contributed by atoms with Crippen molar-refractivity contribution in [3.63, 3.8) is 0 Å². The van der Waals surface area contributed by atoms with Gasteiger partial charge in [-0.15, -0.1) is 0 Å². The lowest BCUT2D eigenvalue weighted by Crippen LogP contribution is -2.50. The molecule has 1 rings (SSSR count). The molecule has 4 nitrogen and oxygen atoms in total. The molecule has 4 heteroatoms. The molecule has 0 heterocycles. The van der Waals surface area contributed by atoms with E-state index in [2.05, 4.69) is 5.32 Å². The van der Waals surface area contributed by atoms with E-state index in [-0.39, 0.29) is 18.1 Å². The van der Waals surface area contributed by atoms with Crippen LogP contribution in [0.1, 0.15) is 19.8 Å². The van der Waals surface area contributed by atoms with Crippen LogP contribution < -0.4 is 11.1 Å². The second kappa shape index (κ2) is 3.19. The standard InChI is InChI=1S/C7H14N2O2/c1-4(8)7(11)9-5-2-6(10)3-5/h4-6,10H,2-3,8H2,1H3,(H,9,11)/t4-,5?,6?/m1/s1. The first-order chi connectivity index (χ1) is 5.09. The van der Waals surface area contributed by atoms with E-state index in [0.717, 1.165) is 0 Å². The normalized spacial score (nSPS) is 32.3. The van der Waals surface area contributed by atoms with E-state index in [9.17, 15) is 4.79 Å². The smallest absolute Gasteiger partial charge is 0.236 e. The molecule has 0 aromatic rings. The molecule has 1 atom stereocenters. The fourth-order valence-corrected chi connectivity index (χ4v) is 1.04. The van der Waals surface area contributed by atoms with Crippen molar-refractivity contribution in [2.75, 3.05) is 0 Å². The van der Waals surface area contributed by atoms with Crippen molar-refractivity contribution in [1.29, 1.82) is 0 Å². The summed E-state index contributed by atoms with van der Waals surface area (Å²) < 4.78 is 0. The number of carbonyl (C=O) groups excluding carboxylic acids is 1. The summed E-state index contributed by atoms with van der Waals surface area (Å²) in [5.41, 5.74) is 5.32. The summed E-state index contributed by atoms with van der Waals surface area (Å²) in [6.45, 7) is 1.64. The molecule has 0 bridgehead atoms. The van der Waals surface area contributed by atoms with E-state index in [0.29, 0.717) is 12.8 Å². The Morgan fingerprint density at radius 2 is 2.27 bits per heavy atom. The molecule has 0 saturated heterocycles. The lowest BCUT2D eigenvalue weighted by Gasteiger charge is -2.32. The van der Waals surface area contributed by atoms with E-state index in [1.165, 1.54) is 0 Å². The van der Waals surface area contributed by atoms with Crippen LogP contribution in [0.15, 0.2) is 0 Å². The monoisotopic (exact) mass is 158 g/mol. The third-order valence-electron chi connectivity index (χ3n) is 1.87. The maximum Gasteiger partial charge on any atom is 0.236 e. The van der Waals surface area contributed by atoms with Crippen LogP contribution in [0, 0.1) is 0 Å². The van der Waals surface area contributed by atoms with Crippen molar-refractivity contribution < 1.29 is 9.90 Å². The Bertz CT molecular complexity index is 153. The van der Waals surface area contributed by atoms with Gasteiger partial charge in [-0.3, -0.25) is 4.79 Å². The topological polar surface area (TPSA) is 75.4 Å². The van der Waals surface area contributed by atoms with Crippen LogP contribution in [-0.4, -0.2) is 29.2 Å². The summed E-state index contributed by atoms with van der Waals surface area (Å²) in [4.78, 5) is 10.9. The van der Waals surface area contributed by atoms with Crippen molar-refractivity contribution in [1.82, 2.24) is 5.32 Å². The molecular weight excluding hydrogens is 144 g/mol. The zero-order valence-corrected chi connectivity index (χ0v) is 6.58. The van der Waals surface area contributed by atoms with Gasteiger partial charge >= 0.3 is 0 Å². The van der Waals surface area contributed by atoms with Gasteiger partial charge in [0.05, 0.1) is 12.1 Å². The van der Waals surface area contributed by atoms with Crippen LogP contribution in [0.4, 0.5) is 0 Å². The van der Waals surface area contributed by atoms with Crippen LogP contribution in [0.2, 0.25) is 0 Å². The molecule has 0 unspecified atom stereocenters. The average Bonchev–Trinajstić information content (AvgIpc) is 1.84. The largest absolute Gasteiger partial charge is 0.393 e. The summed E-state index contributed by atoms with van der Waals surface area (Å²) >= 11 is 0. The summed E-state index contributed by atoms with van der Waals surface area (Å²) in [5, 5.41) is 11.6. The highest BCUT2D eigenvalue weighted by Gasteiger charge is 2.28. The van der Waals surface area contributed by atoms with Crippen LogP contribution in [0.25, 0.3) is 0 Å². The van der Waals surface area contributed by atoms with Crippen molar-refractivity contribution >= 4 is 5.91 Å². The molecule has 1 fully saturated rings. The first-order valence-corrected chi connectivity index (χ1v) is 3.83. The van der Waals surface area contributed by atoms with E-state index in [1.807, 2.05) is 0 Å². The first kappa shape index (κ1) is 8.49. The summed E-state index contributed by atoms with van der Waals surface area (Å²) in [6.07, 6.45) is 1.10. The Hall–Kier alpha value is -0.610. The predicted octanol–water partition coefficient (Wildman–Crippen LogP) is -1.03. The molecule has 4 N–H and O–H groups in total. The Morgan fingerprint density at radius 3 is 2.64 bits per heavy atom. The SMILES string of the molecule is C[C@@H](N)C(=O)NC1CC(O)C1. The third kappa shape index (κ3) is 2.17. The predicted molar refractivity (Wildman–Crippen MR) is 40.8 cm³/mol. The molecule has 0 aliphatic heterocycles. The molecule has 11 heavy (non-hydrogen) atoms. The second-order valence-corrected chi connectivity index (χ2v) is 3.12. The quantitative estimate of drug-likeness (QED) is 0.481. The van der Waals surface area contributed by atoms with Crippen LogP contribution >= 0.6 is 0 Å². The lowest BCUT2D eigenvalue weighted by molar-refractivity contribution is -0.124. The van der Waals surface area contributed by atoms with Gasteiger partial charge in [-0.1, -0.05) is 0 Å². The van der Waals surface area contributed by atoms with Crippen molar-refractivity contribution in [3.05, 3.63) is 0 Å². The molecule has 0 spiro atoms. The number of carbonyl (C=O) groups is 1. The van der Waals surface area contributed by atoms with Crippen LogP contribution in [-0.2, 0) is 4.79 Å². The molecule has 64 valence electrons. The van der Waals surface area contributed by atoms with Gasteiger partial charge < -0.3 is 16.2 Å². The minimum Gasteiger partial charge on any atom is -0.393 e. The Kier molecular flexibility index (Phi) is 2.46. The Morgan fingerprint density at radius 1 is 1.73 bits per heavy atom. The maximum absolute atomic E-state index is 10.9. The first-order valence-electron chi connectivity index (χ1n) is 3.83. The Balaban J connectivity index is 2.17. The highest BCUT2D eigenvalue weighted by molar-refractivity contribution is 5.81. The van der Waals surface area contributed by atoms with Crippen LogP contribution in [0.5, 0.6) is 0 Å². The number of hydrogen-bond donors (Lipinski definition) is 3. The van der Waals surface area contributed by atoms with E-state index in [4.69, 9.17) is 10.8 Å². The number of nitrogens with two attached hydrogens (primary N) is 1. The zero-order valence-electron chi connectivity index (χ0n) is 6.58. The molecule has 0 radical (unpaired) electrons. The average molecular weight is 158 g/mol. The highest BCUT2D eigenvalue weighted by atomic mass is 16.3.